The van der Waals surface area contributed by atoms with Gasteiger partial charge in [-0.3, -0.25) is 0 Å². The van der Waals surface area contributed by atoms with Crippen molar-refractivity contribution in [1.29, 1.82) is 0 Å². The number of aliphatic hydroxyl groups excluding tert-OH is 1. The largest absolute Gasteiger partial charge is 0.477 e. The Morgan fingerprint density at radius 3 is 2.53 bits per heavy atom. The predicted octanol–water partition coefficient (Wildman–Crippen LogP) is 1.19. The molecule has 0 radical (unpaired) electrons. The summed E-state index contributed by atoms with van der Waals surface area (Å²) in [5.74, 6) is -1.27. The second-order valence-corrected chi connectivity index (χ2v) is 7.34. The van der Waals surface area contributed by atoms with Gasteiger partial charge in [-0.05, 0) is 38.1 Å². The Kier molecular flexibility index (Phi) is 4.72. The molecule has 1 aromatic heterocycles. The van der Waals surface area contributed by atoms with E-state index in [1.54, 1.807) is 20.8 Å². The van der Waals surface area contributed by atoms with E-state index in [0.717, 1.165) is 11.3 Å². The number of sulfonamides is 1. The van der Waals surface area contributed by atoms with Crippen LogP contribution in [0.4, 0.5) is 0 Å². The highest BCUT2D eigenvalue weighted by molar-refractivity contribution is 7.89. The molecule has 0 spiro atoms. The van der Waals surface area contributed by atoms with Crippen LogP contribution in [0.25, 0.3) is 0 Å². The minimum absolute atomic E-state index is 0.163. The zero-order valence-electron chi connectivity index (χ0n) is 10.9. The van der Waals surface area contributed by atoms with Crippen molar-refractivity contribution >= 4 is 27.3 Å². The molecule has 0 saturated carbocycles. The Labute approximate surface area is 116 Å². The first kappa shape index (κ1) is 16.1. The molecule has 0 bridgehead atoms. The van der Waals surface area contributed by atoms with Gasteiger partial charge in [0.2, 0.25) is 10.0 Å². The Morgan fingerprint density at radius 1 is 1.47 bits per heavy atom. The molecule has 19 heavy (non-hydrogen) atoms. The predicted molar refractivity (Wildman–Crippen MR) is 72.1 cm³/mol. The fourth-order valence-corrected chi connectivity index (χ4v) is 4.74. The summed E-state index contributed by atoms with van der Waals surface area (Å²) in [6.45, 7) is 4.65. The Hall–Kier alpha value is -0.960. The maximum absolute atomic E-state index is 12.3. The van der Waals surface area contributed by atoms with E-state index in [2.05, 4.69) is 4.72 Å². The summed E-state index contributed by atoms with van der Waals surface area (Å²) in [6.07, 6.45) is 0.234. The van der Waals surface area contributed by atoms with Gasteiger partial charge >= 0.3 is 5.97 Å². The average molecular weight is 307 g/mol. The molecule has 0 aromatic carbocycles. The molecule has 0 unspecified atom stereocenters. The molecule has 0 saturated heterocycles. The standard InChI is InChI=1S/C11H17NO5S2/c1-7-6-18-8(10(14)15)9(7)19(16,17)12-11(2,3)4-5-13/h6,12-13H,4-5H2,1-3H3,(H,14,15). The second-order valence-electron chi connectivity index (χ2n) is 4.85. The monoisotopic (exact) mass is 307 g/mol. The van der Waals surface area contributed by atoms with Crippen LogP contribution in [0.2, 0.25) is 0 Å². The molecule has 3 N–H and O–H groups in total. The van der Waals surface area contributed by atoms with E-state index in [0.29, 0.717) is 5.56 Å². The van der Waals surface area contributed by atoms with Gasteiger partial charge in [-0.15, -0.1) is 11.3 Å². The van der Waals surface area contributed by atoms with E-state index in [9.17, 15) is 13.2 Å². The number of aliphatic hydroxyl groups is 1. The molecule has 1 rings (SSSR count). The molecule has 0 fully saturated rings. The first-order valence-corrected chi connectivity index (χ1v) is 7.93. The molecular weight excluding hydrogens is 290 g/mol. The number of aryl methyl sites for hydroxylation is 1. The molecule has 1 aromatic rings. The maximum atomic E-state index is 12.3. The first-order chi connectivity index (χ1) is 8.60. The molecule has 0 aliphatic heterocycles. The van der Waals surface area contributed by atoms with Crippen molar-refractivity contribution in [2.75, 3.05) is 6.61 Å². The minimum Gasteiger partial charge on any atom is -0.477 e. The van der Waals surface area contributed by atoms with Crippen molar-refractivity contribution < 1.29 is 23.4 Å². The van der Waals surface area contributed by atoms with Gasteiger partial charge in [0.15, 0.2) is 0 Å². The van der Waals surface area contributed by atoms with Crippen LogP contribution in [-0.4, -0.2) is 36.7 Å². The summed E-state index contributed by atoms with van der Waals surface area (Å²) in [4.78, 5) is 10.6. The van der Waals surface area contributed by atoms with Crippen molar-refractivity contribution in [3.05, 3.63) is 15.8 Å². The van der Waals surface area contributed by atoms with Gasteiger partial charge in [-0.2, -0.15) is 0 Å². The van der Waals surface area contributed by atoms with Gasteiger partial charge in [0.1, 0.15) is 9.77 Å². The van der Waals surface area contributed by atoms with Crippen LogP contribution in [0.5, 0.6) is 0 Å². The smallest absolute Gasteiger partial charge is 0.347 e. The molecule has 8 heteroatoms. The Balaban J connectivity index is 3.22. The van der Waals surface area contributed by atoms with Gasteiger partial charge in [-0.25, -0.2) is 17.9 Å². The number of nitrogens with one attached hydrogen (secondary N) is 1. The molecular formula is C11H17NO5S2. The summed E-state index contributed by atoms with van der Waals surface area (Å²) in [6, 6.07) is 0. The van der Waals surface area contributed by atoms with Crippen molar-refractivity contribution in [2.24, 2.45) is 0 Å². The fourth-order valence-electron chi connectivity index (χ4n) is 1.66. The van der Waals surface area contributed by atoms with E-state index >= 15 is 0 Å². The van der Waals surface area contributed by atoms with Crippen molar-refractivity contribution in [3.63, 3.8) is 0 Å². The van der Waals surface area contributed by atoms with Gasteiger partial charge < -0.3 is 10.2 Å². The normalized spacial score (nSPS) is 12.6. The number of hydrogen-bond donors (Lipinski definition) is 3. The lowest BCUT2D eigenvalue weighted by atomic mass is 10.0. The highest BCUT2D eigenvalue weighted by atomic mass is 32.2. The third kappa shape index (κ3) is 3.75. The SMILES string of the molecule is Cc1csc(C(=O)O)c1S(=O)(=O)NC(C)(C)CCO. The summed E-state index contributed by atoms with van der Waals surface area (Å²) >= 11 is 0.882. The number of carbonyl (C=O) groups is 1. The lowest BCUT2D eigenvalue weighted by Crippen LogP contribution is -2.44. The molecule has 1 heterocycles. The highest BCUT2D eigenvalue weighted by Gasteiger charge is 2.31. The number of hydrogen-bond acceptors (Lipinski definition) is 5. The molecule has 0 atom stereocenters. The number of carboxylic acid groups (broad SMARTS) is 1. The lowest BCUT2D eigenvalue weighted by molar-refractivity contribution is 0.0698. The third-order valence-corrected chi connectivity index (χ3v) is 5.63. The van der Waals surface area contributed by atoms with E-state index in [4.69, 9.17) is 10.2 Å². The van der Waals surface area contributed by atoms with Crippen LogP contribution in [0, 0.1) is 6.92 Å². The van der Waals surface area contributed by atoms with Crippen LogP contribution in [0.3, 0.4) is 0 Å². The van der Waals surface area contributed by atoms with E-state index < -0.39 is 21.5 Å². The van der Waals surface area contributed by atoms with Crippen molar-refractivity contribution in [3.8, 4) is 0 Å². The van der Waals surface area contributed by atoms with Gasteiger partial charge in [0.05, 0.1) is 0 Å². The van der Waals surface area contributed by atoms with Gasteiger partial charge in [0, 0.05) is 12.1 Å². The summed E-state index contributed by atoms with van der Waals surface area (Å²) in [5, 5.41) is 19.4. The van der Waals surface area contributed by atoms with Crippen molar-refractivity contribution in [1.82, 2.24) is 4.72 Å². The molecule has 0 aliphatic carbocycles. The molecule has 108 valence electrons. The molecule has 0 aliphatic rings. The van der Waals surface area contributed by atoms with Crippen molar-refractivity contribution in [2.45, 2.75) is 37.6 Å². The Morgan fingerprint density at radius 2 is 2.05 bits per heavy atom. The van der Waals surface area contributed by atoms with Crippen LogP contribution in [0.15, 0.2) is 10.3 Å². The number of thiophene rings is 1. The summed E-state index contributed by atoms with van der Waals surface area (Å²) in [7, 11) is -3.93. The zero-order valence-corrected chi connectivity index (χ0v) is 12.6. The van der Waals surface area contributed by atoms with Gasteiger partial charge in [-0.1, -0.05) is 0 Å². The zero-order chi connectivity index (χ0) is 14.8. The second kappa shape index (κ2) is 5.58. The van der Waals surface area contributed by atoms with E-state index in [1.807, 2.05) is 0 Å². The minimum atomic E-state index is -3.93. The highest BCUT2D eigenvalue weighted by Crippen LogP contribution is 2.28. The quantitative estimate of drug-likeness (QED) is 0.732. The van der Waals surface area contributed by atoms with Crippen LogP contribution < -0.4 is 4.72 Å². The molecule has 6 nitrogen and oxygen atoms in total. The van der Waals surface area contributed by atoms with Crippen LogP contribution in [-0.2, 0) is 10.0 Å². The summed E-state index contributed by atoms with van der Waals surface area (Å²) in [5.41, 5.74) is -0.452. The maximum Gasteiger partial charge on any atom is 0.347 e. The van der Waals surface area contributed by atoms with E-state index in [-0.39, 0.29) is 22.8 Å². The number of aromatic carboxylic acids is 1. The topological polar surface area (TPSA) is 104 Å². The van der Waals surface area contributed by atoms with Crippen LogP contribution >= 0.6 is 11.3 Å². The number of carboxylic acids is 1. The fraction of sp³-hybridized carbons (Fsp3) is 0.545. The first-order valence-electron chi connectivity index (χ1n) is 5.57. The average Bonchev–Trinajstić information content (AvgIpc) is 2.58. The molecule has 0 amide bonds. The summed E-state index contributed by atoms with van der Waals surface area (Å²) < 4.78 is 27.0. The van der Waals surface area contributed by atoms with Gasteiger partial charge in [0.25, 0.3) is 0 Å². The Bertz CT molecular complexity index is 574. The van der Waals surface area contributed by atoms with Crippen LogP contribution in [0.1, 0.15) is 35.5 Å². The lowest BCUT2D eigenvalue weighted by Gasteiger charge is -2.25. The third-order valence-electron chi connectivity index (χ3n) is 2.53. The van der Waals surface area contributed by atoms with E-state index in [1.165, 1.54) is 5.38 Å². The number of rotatable bonds is 6.